The maximum atomic E-state index is 9.04. The maximum Gasteiger partial charge on any atom is 0.0766 e. The fourth-order valence-electron chi connectivity index (χ4n) is 1.45. The second-order valence-corrected chi connectivity index (χ2v) is 4.07. The van der Waals surface area contributed by atoms with Gasteiger partial charge in [-0.1, -0.05) is 12.1 Å². The smallest absolute Gasteiger partial charge is 0.0766 e. The minimum atomic E-state index is -0.461. The molecule has 0 spiro atoms. The molecule has 2 aromatic rings. The summed E-state index contributed by atoms with van der Waals surface area (Å²) in [5, 5.41) is 18.7. The molecule has 0 unspecified atom stereocenters. The molecule has 0 aliphatic heterocycles. The van der Waals surface area contributed by atoms with Gasteiger partial charge in [-0.2, -0.15) is 15.5 Å². The van der Waals surface area contributed by atoms with Gasteiger partial charge in [0.25, 0.3) is 0 Å². The molecule has 0 fully saturated rings. The summed E-state index contributed by atoms with van der Waals surface area (Å²) in [5.74, 6) is 0. The number of hydrogen-bond acceptors (Lipinski definition) is 3. The van der Waals surface area contributed by atoms with Gasteiger partial charge >= 0.3 is 0 Å². The van der Waals surface area contributed by atoms with E-state index in [-0.39, 0.29) is 0 Å². The van der Waals surface area contributed by atoms with Gasteiger partial charge < -0.3 is 0 Å². The van der Waals surface area contributed by atoms with Crippen molar-refractivity contribution >= 4 is 10.8 Å². The summed E-state index contributed by atoms with van der Waals surface area (Å²) in [6.07, 6.45) is 3.44. The molecular weight excluding hydrogens is 186 g/mol. The van der Waals surface area contributed by atoms with E-state index >= 15 is 0 Å². The van der Waals surface area contributed by atoms with E-state index in [0.717, 1.165) is 16.3 Å². The Morgan fingerprint density at radius 1 is 1.13 bits per heavy atom. The summed E-state index contributed by atoms with van der Waals surface area (Å²) >= 11 is 0. The van der Waals surface area contributed by atoms with Crippen LogP contribution in [0.15, 0.2) is 30.6 Å². The lowest BCUT2D eigenvalue weighted by Gasteiger charge is -2.15. The van der Waals surface area contributed by atoms with Crippen LogP contribution in [0.25, 0.3) is 10.8 Å². The molecule has 0 bridgehead atoms. The molecule has 1 aromatic carbocycles. The van der Waals surface area contributed by atoms with E-state index in [9.17, 15) is 0 Å². The van der Waals surface area contributed by atoms with E-state index in [4.69, 9.17) is 5.26 Å². The van der Waals surface area contributed by atoms with Gasteiger partial charge in [-0.05, 0) is 25.5 Å². The summed E-state index contributed by atoms with van der Waals surface area (Å²) in [5.41, 5.74) is 0.544. The molecule has 0 aliphatic carbocycles. The molecule has 15 heavy (non-hydrogen) atoms. The standard InChI is InChI=1S/C12H11N3/c1-12(2,8-13)11-4-3-9-6-14-15-7-10(9)5-11/h3-7H,1-2H3. The van der Waals surface area contributed by atoms with Crippen molar-refractivity contribution in [1.29, 1.82) is 5.26 Å². The zero-order chi connectivity index (χ0) is 10.9. The molecule has 3 heteroatoms. The second kappa shape index (κ2) is 3.32. The van der Waals surface area contributed by atoms with Crippen LogP contribution in [0.1, 0.15) is 19.4 Å². The summed E-state index contributed by atoms with van der Waals surface area (Å²) in [7, 11) is 0. The lowest BCUT2D eigenvalue weighted by atomic mass is 9.85. The predicted molar refractivity (Wildman–Crippen MR) is 58.2 cm³/mol. The van der Waals surface area contributed by atoms with E-state index in [0.29, 0.717) is 0 Å². The van der Waals surface area contributed by atoms with Gasteiger partial charge in [-0.15, -0.1) is 0 Å². The van der Waals surface area contributed by atoms with Crippen LogP contribution in [0.3, 0.4) is 0 Å². The largest absolute Gasteiger partial charge is 0.197 e. The zero-order valence-electron chi connectivity index (χ0n) is 8.73. The molecule has 3 nitrogen and oxygen atoms in total. The third kappa shape index (κ3) is 1.66. The molecule has 0 saturated heterocycles. The third-order valence-corrected chi connectivity index (χ3v) is 2.55. The highest BCUT2D eigenvalue weighted by atomic mass is 15.1. The van der Waals surface area contributed by atoms with E-state index in [1.165, 1.54) is 0 Å². The Balaban J connectivity index is 2.63. The molecule has 0 saturated carbocycles. The van der Waals surface area contributed by atoms with Crippen molar-refractivity contribution in [3.8, 4) is 6.07 Å². The number of aromatic nitrogens is 2. The highest BCUT2D eigenvalue weighted by Gasteiger charge is 2.19. The van der Waals surface area contributed by atoms with Crippen LogP contribution in [-0.4, -0.2) is 10.2 Å². The Labute approximate surface area is 88.4 Å². The molecule has 0 radical (unpaired) electrons. The topological polar surface area (TPSA) is 49.6 Å². The number of hydrogen-bond donors (Lipinski definition) is 0. The fraction of sp³-hybridized carbons (Fsp3) is 0.250. The van der Waals surface area contributed by atoms with Crippen LogP contribution < -0.4 is 0 Å². The lowest BCUT2D eigenvalue weighted by Crippen LogP contribution is -2.13. The summed E-state index contributed by atoms with van der Waals surface area (Å²) in [4.78, 5) is 0. The van der Waals surface area contributed by atoms with Gasteiger partial charge in [-0.25, -0.2) is 0 Å². The van der Waals surface area contributed by atoms with Crippen LogP contribution >= 0.6 is 0 Å². The minimum absolute atomic E-state index is 0.461. The summed E-state index contributed by atoms with van der Waals surface area (Å²) in [6.45, 7) is 3.81. The molecular formula is C12H11N3. The van der Waals surface area contributed by atoms with E-state index in [2.05, 4.69) is 16.3 Å². The van der Waals surface area contributed by atoms with Crippen molar-refractivity contribution in [3.63, 3.8) is 0 Å². The highest BCUT2D eigenvalue weighted by Crippen LogP contribution is 2.25. The van der Waals surface area contributed by atoms with Crippen LogP contribution in [0.2, 0.25) is 0 Å². The van der Waals surface area contributed by atoms with Gasteiger partial charge in [0.15, 0.2) is 0 Å². The van der Waals surface area contributed by atoms with E-state index in [1.807, 2.05) is 32.0 Å². The van der Waals surface area contributed by atoms with Crippen molar-refractivity contribution in [2.24, 2.45) is 0 Å². The molecule has 1 heterocycles. The Morgan fingerprint density at radius 2 is 1.80 bits per heavy atom. The van der Waals surface area contributed by atoms with Crippen molar-refractivity contribution in [2.75, 3.05) is 0 Å². The van der Waals surface area contributed by atoms with Gasteiger partial charge in [0.2, 0.25) is 0 Å². The van der Waals surface area contributed by atoms with Gasteiger partial charge in [0, 0.05) is 10.8 Å². The lowest BCUT2D eigenvalue weighted by molar-refractivity contribution is 0.688. The van der Waals surface area contributed by atoms with Crippen molar-refractivity contribution in [3.05, 3.63) is 36.2 Å². The molecule has 74 valence electrons. The SMILES string of the molecule is CC(C)(C#N)c1ccc2cnncc2c1. The molecule has 0 amide bonds. The number of benzene rings is 1. The predicted octanol–water partition coefficient (Wildman–Crippen LogP) is 2.43. The van der Waals surface area contributed by atoms with Gasteiger partial charge in [0.1, 0.15) is 0 Å². The van der Waals surface area contributed by atoms with Crippen LogP contribution in [0, 0.1) is 11.3 Å². The Kier molecular flexibility index (Phi) is 2.12. The van der Waals surface area contributed by atoms with Crippen molar-refractivity contribution in [1.82, 2.24) is 10.2 Å². The molecule has 1 aromatic heterocycles. The van der Waals surface area contributed by atoms with Crippen molar-refractivity contribution in [2.45, 2.75) is 19.3 Å². The first kappa shape index (κ1) is 9.60. The quantitative estimate of drug-likeness (QED) is 0.705. The third-order valence-electron chi connectivity index (χ3n) is 2.55. The fourth-order valence-corrected chi connectivity index (χ4v) is 1.45. The van der Waals surface area contributed by atoms with Crippen molar-refractivity contribution < 1.29 is 0 Å². The first-order chi connectivity index (χ1) is 7.13. The van der Waals surface area contributed by atoms with Crippen LogP contribution in [-0.2, 0) is 5.41 Å². The van der Waals surface area contributed by atoms with Gasteiger partial charge in [-0.3, -0.25) is 0 Å². The second-order valence-electron chi connectivity index (χ2n) is 4.07. The molecule has 0 N–H and O–H groups in total. The number of nitrogens with zero attached hydrogens (tertiary/aromatic N) is 3. The van der Waals surface area contributed by atoms with Crippen LogP contribution in [0.5, 0.6) is 0 Å². The maximum absolute atomic E-state index is 9.04. The molecule has 0 aliphatic rings. The first-order valence-corrected chi connectivity index (χ1v) is 4.76. The van der Waals surface area contributed by atoms with E-state index < -0.39 is 5.41 Å². The normalized spacial score (nSPS) is 11.3. The van der Waals surface area contributed by atoms with Gasteiger partial charge in [0.05, 0.1) is 23.9 Å². The summed E-state index contributed by atoms with van der Waals surface area (Å²) in [6, 6.07) is 8.22. The average molecular weight is 197 g/mol. The Hall–Kier alpha value is -1.95. The highest BCUT2D eigenvalue weighted by molar-refractivity contribution is 5.81. The minimum Gasteiger partial charge on any atom is -0.197 e. The first-order valence-electron chi connectivity index (χ1n) is 4.76. The monoisotopic (exact) mass is 197 g/mol. The number of nitriles is 1. The number of rotatable bonds is 1. The van der Waals surface area contributed by atoms with Crippen LogP contribution in [0.4, 0.5) is 0 Å². The molecule has 0 atom stereocenters. The molecule has 2 rings (SSSR count). The Bertz CT molecular complexity index is 538. The Morgan fingerprint density at radius 3 is 2.47 bits per heavy atom. The average Bonchev–Trinajstić information content (AvgIpc) is 2.28. The van der Waals surface area contributed by atoms with E-state index in [1.54, 1.807) is 12.4 Å². The number of fused-ring (bicyclic) bond motifs is 1. The summed E-state index contributed by atoms with van der Waals surface area (Å²) < 4.78 is 0. The zero-order valence-corrected chi connectivity index (χ0v) is 8.73.